The van der Waals surface area contributed by atoms with Crippen molar-refractivity contribution < 1.29 is 12.8 Å². The first kappa shape index (κ1) is 16.4. The molecule has 1 heterocycles. The molecule has 1 N–H and O–H groups in total. The van der Waals surface area contributed by atoms with Crippen molar-refractivity contribution in [3.05, 3.63) is 29.1 Å². The fraction of sp³-hybridized carbons (Fsp3) is 0.600. The van der Waals surface area contributed by atoms with Gasteiger partial charge < -0.3 is 5.32 Å². The topological polar surface area (TPSA) is 49.4 Å². The summed E-state index contributed by atoms with van der Waals surface area (Å²) in [6.45, 7) is 7.14. The van der Waals surface area contributed by atoms with Crippen molar-refractivity contribution in [3.63, 3.8) is 0 Å². The first-order chi connectivity index (χ1) is 9.86. The first-order valence-corrected chi connectivity index (χ1v) is 8.80. The van der Waals surface area contributed by atoms with Crippen LogP contribution >= 0.6 is 0 Å². The van der Waals surface area contributed by atoms with Gasteiger partial charge in [-0.25, -0.2) is 12.8 Å². The van der Waals surface area contributed by atoms with Crippen LogP contribution in [0.4, 0.5) is 4.39 Å². The summed E-state index contributed by atoms with van der Waals surface area (Å²) in [4.78, 5) is 0.251. The van der Waals surface area contributed by atoms with Crippen LogP contribution in [-0.2, 0) is 10.0 Å². The largest absolute Gasteiger partial charge is 0.313 e. The van der Waals surface area contributed by atoms with Crippen molar-refractivity contribution in [1.82, 2.24) is 9.62 Å². The van der Waals surface area contributed by atoms with E-state index in [1.165, 1.54) is 16.4 Å². The van der Waals surface area contributed by atoms with Crippen molar-refractivity contribution >= 4 is 10.0 Å². The molecule has 118 valence electrons. The normalized spacial score (nSPS) is 20.7. The smallest absolute Gasteiger partial charge is 0.243 e. The zero-order valence-corrected chi connectivity index (χ0v) is 13.6. The van der Waals surface area contributed by atoms with Crippen molar-refractivity contribution in [2.75, 3.05) is 19.6 Å². The molecule has 1 aromatic rings. The highest BCUT2D eigenvalue weighted by Gasteiger charge is 2.32. The Bertz CT molecular complexity index is 591. The third kappa shape index (κ3) is 3.44. The average molecular weight is 314 g/mol. The number of benzene rings is 1. The second kappa shape index (κ2) is 6.42. The highest BCUT2D eigenvalue weighted by Crippen LogP contribution is 2.27. The van der Waals surface area contributed by atoms with E-state index in [1.54, 1.807) is 13.8 Å². The summed E-state index contributed by atoms with van der Waals surface area (Å²) in [6.07, 6.45) is 1.83. The fourth-order valence-corrected chi connectivity index (χ4v) is 4.98. The number of rotatable bonds is 4. The van der Waals surface area contributed by atoms with Gasteiger partial charge in [0.25, 0.3) is 0 Å². The lowest BCUT2D eigenvalue weighted by Crippen LogP contribution is -2.48. The highest BCUT2D eigenvalue weighted by atomic mass is 32.2. The number of nitrogens with one attached hydrogen (secondary N) is 1. The molecule has 0 radical (unpaired) electrons. The Kier molecular flexibility index (Phi) is 5.01. The molecule has 1 unspecified atom stereocenters. The standard InChI is InChI=1S/C15H23FN2O2S/c1-4-17-14-6-5-7-18(10-14)21(19,20)15-11(2)8-13(16)9-12(15)3/h8-9,14,17H,4-7,10H2,1-3H3. The molecule has 4 nitrogen and oxygen atoms in total. The van der Waals surface area contributed by atoms with Crippen LogP contribution in [0.5, 0.6) is 0 Å². The van der Waals surface area contributed by atoms with E-state index < -0.39 is 15.8 Å². The molecule has 2 rings (SSSR count). The third-order valence-corrected chi connectivity index (χ3v) is 6.07. The van der Waals surface area contributed by atoms with E-state index in [1.807, 2.05) is 6.92 Å². The van der Waals surface area contributed by atoms with Gasteiger partial charge in [0.2, 0.25) is 10.0 Å². The van der Waals surface area contributed by atoms with Gasteiger partial charge in [-0.05, 0) is 56.5 Å². The number of sulfonamides is 1. The minimum Gasteiger partial charge on any atom is -0.313 e. The molecule has 0 saturated carbocycles. The summed E-state index contributed by atoms with van der Waals surface area (Å²) in [5, 5.41) is 3.31. The van der Waals surface area contributed by atoms with Gasteiger partial charge in [0.1, 0.15) is 5.82 Å². The molecular formula is C15H23FN2O2S. The van der Waals surface area contributed by atoms with Crippen LogP contribution in [0.15, 0.2) is 17.0 Å². The Hall–Kier alpha value is -0.980. The van der Waals surface area contributed by atoms with E-state index in [0.29, 0.717) is 24.2 Å². The van der Waals surface area contributed by atoms with Gasteiger partial charge in [-0.2, -0.15) is 4.31 Å². The molecule has 1 saturated heterocycles. The van der Waals surface area contributed by atoms with Crippen molar-refractivity contribution in [2.45, 2.75) is 44.6 Å². The molecule has 6 heteroatoms. The number of hydrogen-bond acceptors (Lipinski definition) is 3. The Morgan fingerprint density at radius 3 is 2.52 bits per heavy atom. The van der Waals surface area contributed by atoms with E-state index in [4.69, 9.17) is 0 Å². The summed E-state index contributed by atoms with van der Waals surface area (Å²) < 4.78 is 40.6. The lowest BCUT2D eigenvalue weighted by atomic mass is 10.1. The number of likely N-dealkylation sites (N-methyl/N-ethyl adjacent to an activating group) is 1. The minimum absolute atomic E-state index is 0.194. The van der Waals surface area contributed by atoms with Crippen LogP contribution in [0.2, 0.25) is 0 Å². The van der Waals surface area contributed by atoms with Gasteiger partial charge in [-0.3, -0.25) is 0 Å². The minimum atomic E-state index is -3.56. The predicted molar refractivity (Wildman–Crippen MR) is 81.3 cm³/mol. The van der Waals surface area contributed by atoms with Gasteiger partial charge in [0.05, 0.1) is 4.90 Å². The molecule has 0 spiro atoms. The summed E-state index contributed by atoms with van der Waals surface area (Å²) in [5.41, 5.74) is 0.941. The van der Waals surface area contributed by atoms with E-state index in [-0.39, 0.29) is 10.9 Å². The molecule has 1 aromatic carbocycles. The fourth-order valence-electron chi connectivity index (χ4n) is 3.05. The maximum absolute atomic E-state index is 13.4. The lowest BCUT2D eigenvalue weighted by Gasteiger charge is -2.33. The maximum atomic E-state index is 13.4. The molecule has 0 amide bonds. The van der Waals surface area contributed by atoms with E-state index in [9.17, 15) is 12.8 Å². The highest BCUT2D eigenvalue weighted by molar-refractivity contribution is 7.89. The molecular weight excluding hydrogens is 291 g/mol. The summed E-state index contributed by atoms with van der Waals surface area (Å²) in [6, 6.07) is 2.76. The van der Waals surface area contributed by atoms with Crippen LogP contribution < -0.4 is 5.32 Å². The van der Waals surface area contributed by atoms with E-state index >= 15 is 0 Å². The SMILES string of the molecule is CCNC1CCCN(S(=O)(=O)c2c(C)cc(F)cc2C)C1. The first-order valence-electron chi connectivity index (χ1n) is 7.36. The molecule has 1 aliphatic rings. The quantitative estimate of drug-likeness (QED) is 0.927. The van der Waals surface area contributed by atoms with Gasteiger partial charge >= 0.3 is 0 Å². The van der Waals surface area contributed by atoms with Crippen LogP contribution in [-0.4, -0.2) is 38.4 Å². The number of aryl methyl sites for hydroxylation is 2. The number of halogens is 1. The molecule has 1 aliphatic heterocycles. The second-order valence-corrected chi connectivity index (χ2v) is 7.50. The summed E-state index contributed by atoms with van der Waals surface area (Å²) in [5.74, 6) is -0.395. The van der Waals surface area contributed by atoms with Crippen LogP contribution in [0, 0.1) is 19.7 Å². The Balaban J connectivity index is 2.34. The Morgan fingerprint density at radius 2 is 1.95 bits per heavy atom. The third-order valence-electron chi connectivity index (χ3n) is 3.90. The van der Waals surface area contributed by atoms with Crippen LogP contribution in [0.25, 0.3) is 0 Å². The van der Waals surface area contributed by atoms with Gasteiger partial charge in [0.15, 0.2) is 0 Å². The Morgan fingerprint density at radius 1 is 1.33 bits per heavy atom. The van der Waals surface area contributed by atoms with Crippen molar-refractivity contribution in [2.24, 2.45) is 0 Å². The summed E-state index contributed by atoms with van der Waals surface area (Å²) >= 11 is 0. The average Bonchev–Trinajstić information content (AvgIpc) is 2.37. The molecule has 1 fully saturated rings. The van der Waals surface area contributed by atoms with Crippen LogP contribution in [0.3, 0.4) is 0 Å². The molecule has 21 heavy (non-hydrogen) atoms. The van der Waals surface area contributed by atoms with Gasteiger partial charge in [-0.1, -0.05) is 6.92 Å². The lowest BCUT2D eigenvalue weighted by molar-refractivity contribution is 0.286. The van der Waals surface area contributed by atoms with Crippen LogP contribution in [0.1, 0.15) is 30.9 Å². The Labute approximate surface area is 126 Å². The monoisotopic (exact) mass is 314 g/mol. The molecule has 0 aromatic heterocycles. The zero-order chi connectivity index (χ0) is 15.6. The molecule has 0 aliphatic carbocycles. The predicted octanol–water partition coefficient (Wildman–Crippen LogP) is 2.21. The van der Waals surface area contributed by atoms with Crippen molar-refractivity contribution in [1.29, 1.82) is 0 Å². The zero-order valence-electron chi connectivity index (χ0n) is 12.8. The maximum Gasteiger partial charge on any atom is 0.243 e. The number of piperidine rings is 1. The molecule has 0 bridgehead atoms. The van der Waals surface area contributed by atoms with E-state index in [0.717, 1.165) is 19.4 Å². The number of hydrogen-bond donors (Lipinski definition) is 1. The molecule has 1 atom stereocenters. The van der Waals surface area contributed by atoms with E-state index in [2.05, 4.69) is 5.32 Å². The van der Waals surface area contributed by atoms with Crippen molar-refractivity contribution in [3.8, 4) is 0 Å². The second-order valence-electron chi connectivity index (χ2n) is 5.63. The summed E-state index contributed by atoms with van der Waals surface area (Å²) in [7, 11) is -3.56. The van der Waals surface area contributed by atoms with Gasteiger partial charge in [0, 0.05) is 19.1 Å². The van der Waals surface area contributed by atoms with Gasteiger partial charge in [-0.15, -0.1) is 0 Å². The number of nitrogens with zero attached hydrogens (tertiary/aromatic N) is 1.